The van der Waals surface area contributed by atoms with Gasteiger partial charge in [0.15, 0.2) is 0 Å². The molecule has 0 atom stereocenters. The Morgan fingerprint density at radius 1 is 0.615 bits per heavy atom. The van der Waals surface area contributed by atoms with E-state index in [1.807, 2.05) is 26.8 Å². The van der Waals surface area contributed by atoms with Crippen LogP contribution in [0.15, 0.2) is 91.5 Å². The predicted octanol–water partition coefficient (Wildman–Crippen LogP) is 8.82. The molecular weight excluding hydrogens is 312 g/mol. The summed E-state index contributed by atoms with van der Waals surface area (Å²) in [6, 6.07) is 27.9. The van der Waals surface area contributed by atoms with Gasteiger partial charge in [0.2, 0.25) is 0 Å². The Bertz CT molecular complexity index is 707. The number of rotatable bonds is 2. The Labute approximate surface area is 162 Å². The van der Waals surface area contributed by atoms with Crippen molar-refractivity contribution in [3.63, 3.8) is 0 Å². The molecule has 3 aromatic rings. The molecule has 0 aliphatic carbocycles. The maximum atomic E-state index is 3.36. The van der Waals surface area contributed by atoms with Gasteiger partial charge in [0.1, 0.15) is 0 Å². The fourth-order valence-electron chi connectivity index (χ4n) is 2.25. The van der Waals surface area contributed by atoms with Gasteiger partial charge < -0.3 is 0 Å². The third-order valence-electron chi connectivity index (χ3n) is 3.35. The lowest BCUT2D eigenvalue weighted by Crippen LogP contribution is -1.81. The fraction of sp³-hybridized carbons (Fsp3) is 0.231. The largest absolute Gasteiger partial charge is 0.103 e. The van der Waals surface area contributed by atoms with E-state index < -0.39 is 0 Å². The van der Waals surface area contributed by atoms with Gasteiger partial charge in [0, 0.05) is 0 Å². The van der Waals surface area contributed by atoms with E-state index in [1.54, 1.807) is 6.08 Å². The number of hydrogen-bond donors (Lipinski definition) is 0. The average Bonchev–Trinajstić information content (AvgIpc) is 2.65. The monoisotopic (exact) mass is 348 g/mol. The van der Waals surface area contributed by atoms with Crippen molar-refractivity contribution in [1.82, 2.24) is 0 Å². The first-order valence-electron chi connectivity index (χ1n) is 8.54. The lowest BCUT2D eigenvalue weighted by Gasteiger charge is -2.06. The molecule has 0 amide bonds. The zero-order valence-corrected chi connectivity index (χ0v) is 15.3. The third kappa shape index (κ3) is 7.98. The molecule has 140 valence electrons. The van der Waals surface area contributed by atoms with Crippen LogP contribution in [0, 0.1) is 6.92 Å². The minimum absolute atomic E-state index is 0. The van der Waals surface area contributed by atoms with E-state index in [0.717, 1.165) is 0 Å². The van der Waals surface area contributed by atoms with Gasteiger partial charge in [0.25, 0.3) is 0 Å². The zero-order chi connectivity index (χ0) is 17.8. The highest BCUT2D eigenvalue weighted by Gasteiger charge is 2.00. The van der Waals surface area contributed by atoms with Gasteiger partial charge in [-0.3, -0.25) is 0 Å². The van der Waals surface area contributed by atoms with Crippen molar-refractivity contribution in [2.24, 2.45) is 0 Å². The summed E-state index contributed by atoms with van der Waals surface area (Å²) in [4.78, 5) is 0. The molecule has 3 rings (SSSR count). The normalized spacial score (nSPS) is 8.31. The zero-order valence-electron chi connectivity index (χ0n) is 15.3. The first-order valence-corrected chi connectivity index (χ1v) is 8.54. The second kappa shape index (κ2) is 14.7. The Hall–Kier alpha value is -2.60. The molecule has 0 aromatic heterocycles. The van der Waals surface area contributed by atoms with Gasteiger partial charge in [-0.1, -0.05) is 113 Å². The molecular formula is C26H36. The molecule has 0 spiro atoms. The predicted molar refractivity (Wildman–Crippen MR) is 123 cm³/mol. The number of allylic oxidation sites excluding steroid dienone is 1. The van der Waals surface area contributed by atoms with Gasteiger partial charge >= 0.3 is 0 Å². The highest BCUT2D eigenvalue weighted by Crippen LogP contribution is 2.26. The first-order chi connectivity index (χ1) is 11.7. The van der Waals surface area contributed by atoms with Gasteiger partial charge in [-0.15, -0.1) is 6.58 Å². The summed E-state index contributed by atoms with van der Waals surface area (Å²) in [5, 5.41) is 0. The highest BCUT2D eigenvalue weighted by molar-refractivity contribution is 5.73. The van der Waals surface area contributed by atoms with Gasteiger partial charge in [-0.2, -0.15) is 0 Å². The minimum atomic E-state index is 0. The standard InChI is InChI=1S/C19H16.C3H6.C2H6.2CH4/c1-15-10-12-17(13-11-15)19-9-5-8-18(14-19)16-6-3-2-4-7-16;1-3-2;1-2;;/h2-14H,1H3;3H,1H2,2H3;1-2H3;2*1H4. The van der Waals surface area contributed by atoms with Crippen molar-refractivity contribution in [2.45, 2.75) is 42.5 Å². The van der Waals surface area contributed by atoms with E-state index in [0.29, 0.717) is 0 Å². The molecule has 0 unspecified atom stereocenters. The quantitative estimate of drug-likeness (QED) is 0.406. The third-order valence-corrected chi connectivity index (χ3v) is 3.35. The molecule has 0 aliphatic heterocycles. The topological polar surface area (TPSA) is 0 Å². The summed E-state index contributed by atoms with van der Waals surface area (Å²) < 4.78 is 0. The molecule has 0 heterocycles. The van der Waals surface area contributed by atoms with Crippen LogP contribution in [-0.4, -0.2) is 0 Å². The van der Waals surface area contributed by atoms with Gasteiger partial charge in [-0.25, -0.2) is 0 Å². The summed E-state index contributed by atoms with van der Waals surface area (Å²) >= 11 is 0. The molecule has 0 aliphatic rings. The number of benzene rings is 3. The fourth-order valence-corrected chi connectivity index (χ4v) is 2.25. The average molecular weight is 349 g/mol. The van der Waals surface area contributed by atoms with E-state index in [-0.39, 0.29) is 14.9 Å². The van der Waals surface area contributed by atoms with E-state index in [9.17, 15) is 0 Å². The molecule has 26 heavy (non-hydrogen) atoms. The molecule has 3 aromatic carbocycles. The summed E-state index contributed by atoms with van der Waals surface area (Å²) in [7, 11) is 0. The van der Waals surface area contributed by atoms with Crippen molar-refractivity contribution in [1.29, 1.82) is 0 Å². The molecule has 0 saturated heterocycles. The highest BCUT2D eigenvalue weighted by atomic mass is 14.1. The van der Waals surface area contributed by atoms with Crippen LogP contribution >= 0.6 is 0 Å². The van der Waals surface area contributed by atoms with Crippen LogP contribution in [0.4, 0.5) is 0 Å². The van der Waals surface area contributed by atoms with E-state index in [2.05, 4.69) is 86.3 Å². The smallest absolute Gasteiger partial charge is 0.0178 e. The Morgan fingerprint density at radius 2 is 1.00 bits per heavy atom. The lowest BCUT2D eigenvalue weighted by molar-refractivity contribution is 1.47. The molecule has 0 saturated carbocycles. The Kier molecular flexibility index (Phi) is 14.5. The van der Waals surface area contributed by atoms with Gasteiger partial charge in [-0.05, 0) is 42.2 Å². The van der Waals surface area contributed by atoms with Gasteiger partial charge in [0.05, 0.1) is 0 Å². The Balaban J connectivity index is 0. The van der Waals surface area contributed by atoms with Crippen LogP contribution in [0.5, 0.6) is 0 Å². The molecule has 0 fully saturated rings. The van der Waals surface area contributed by atoms with Crippen LogP contribution < -0.4 is 0 Å². The molecule has 0 bridgehead atoms. The Morgan fingerprint density at radius 3 is 1.46 bits per heavy atom. The van der Waals surface area contributed by atoms with Crippen LogP contribution in [0.2, 0.25) is 0 Å². The van der Waals surface area contributed by atoms with Crippen molar-refractivity contribution < 1.29 is 0 Å². The van der Waals surface area contributed by atoms with Crippen LogP contribution in [0.25, 0.3) is 22.3 Å². The molecule has 0 nitrogen and oxygen atoms in total. The SMILES string of the molecule is C.C.C=CC.CC.Cc1ccc(-c2cccc(-c3ccccc3)c2)cc1. The second-order valence-electron chi connectivity index (χ2n) is 5.22. The van der Waals surface area contributed by atoms with E-state index in [1.165, 1.54) is 27.8 Å². The number of aryl methyl sites for hydroxylation is 1. The van der Waals surface area contributed by atoms with Crippen LogP contribution in [0.1, 0.15) is 41.2 Å². The molecule has 0 heteroatoms. The summed E-state index contributed by atoms with van der Waals surface area (Å²) in [6.07, 6.45) is 1.75. The first kappa shape index (κ1) is 25.6. The van der Waals surface area contributed by atoms with Crippen molar-refractivity contribution >= 4 is 0 Å². The lowest BCUT2D eigenvalue weighted by atomic mass is 9.99. The van der Waals surface area contributed by atoms with Crippen molar-refractivity contribution in [3.8, 4) is 22.3 Å². The summed E-state index contributed by atoms with van der Waals surface area (Å²) in [5.74, 6) is 0. The van der Waals surface area contributed by atoms with E-state index in [4.69, 9.17) is 0 Å². The summed E-state index contributed by atoms with van der Waals surface area (Å²) in [5.41, 5.74) is 6.35. The molecule has 0 N–H and O–H groups in total. The molecule has 0 radical (unpaired) electrons. The van der Waals surface area contributed by atoms with Crippen LogP contribution in [-0.2, 0) is 0 Å². The maximum Gasteiger partial charge on any atom is -0.0178 e. The van der Waals surface area contributed by atoms with Crippen molar-refractivity contribution in [2.75, 3.05) is 0 Å². The van der Waals surface area contributed by atoms with Crippen LogP contribution in [0.3, 0.4) is 0 Å². The maximum absolute atomic E-state index is 3.36. The minimum Gasteiger partial charge on any atom is -0.103 e. The number of hydrogen-bond acceptors (Lipinski definition) is 0. The van der Waals surface area contributed by atoms with E-state index >= 15 is 0 Å². The second-order valence-corrected chi connectivity index (χ2v) is 5.22. The summed E-state index contributed by atoms with van der Waals surface area (Å²) in [6.45, 7) is 11.4. The van der Waals surface area contributed by atoms with Crippen molar-refractivity contribution in [3.05, 3.63) is 97.1 Å².